The number of amides is 2. The number of carbonyl (C=O) groups is 3. The largest absolute Gasteiger partial charge is 0.481 e. The molecule has 0 heterocycles. The first-order valence-corrected chi connectivity index (χ1v) is 11.9. The first kappa shape index (κ1) is 23.8. The Morgan fingerprint density at radius 3 is 2.12 bits per heavy atom. The Morgan fingerprint density at radius 1 is 1.03 bits per heavy atom. The van der Waals surface area contributed by atoms with Crippen LogP contribution >= 0.6 is 0 Å². The lowest BCUT2D eigenvalue weighted by atomic mass is 9.68. The molecule has 0 spiro atoms. The summed E-state index contributed by atoms with van der Waals surface area (Å²) in [6.45, 7) is 3.86. The Labute approximate surface area is 199 Å². The molecule has 7 heteroatoms. The van der Waals surface area contributed by atoms with Crippen molar-refractivity contribution in [2.24, 2.45) is 10.8 Å². The standard InChI is InChI=1S/C27H32N2O5/c1-3-26(2,24(31)32)16-28-23(30)27(13-8-14-27)17-29-25(33)34-15-22-20-11-6-4-9-18(20)19-10-5-7-12-21(19)22/h4-7,9-12,22H,3,8,13-17H2,1-2H3,(H,28,30)(H,29,33)(H,31,32). The molecule has 7 nitrogen and oxygen atoms in total. The summed E-state index contributed by atoms with van der Waals surface area (Å²) in [6, 6.07) is 16.3. The van der Waals surface area contributed by atoms with Crippen LogP contribution in [0.15, 0.2) is 48.5 Å². The van der Waals surface area contributed by atoms with Gasteiger partial charge in [-0.05, 0) is 48.4 Å². The predicted molar refractivity (Wildman–Crippen MR) is 128 cm³/mol. The summed E-state index contributed by atoms with van der Waals surface area (Å²) in [5, 5.41) is 15.0. The molecule has 0 bridgehead atoms. The molecule has 34 heavy (non-hydrogen) atoms. The number of aliphatic carboxylic acids is 1. The monoisotopic (exact) mass is 464 g/mol. The van der Waals surface area contributed by atoms with Crippen molar-refractivity contribution in [2.45, 2.75) is 45.4 Å². The van der Waals surface area contributed by atoms with Crippen LogP contribution in [0.3, 0.4) is 0 Å². The average molecular weight is 465 g/mol. The minimum absolute atomic E-state index is 0.0261. The lowest BCUT2D eigenvalue weighted by molar-refractivity contribution is -0.148. The van der Waals surface area contributed by atoms with Crippen LogP contribution in [0, 0.1) is 10.8 Å². The molecule has 0 aliphatic heterocycles. The van der Waals surface area contributed by atoms with Crippen molar-refractivity contribution < 1.29 is 24.2 Å². The van der Waals surface area contributed by atoms with E-state index < -0.39 is 22.9 Å². The highest BCUT2D eigenvalue weighted by molar-refractivity contribution is 5.85. The maximum atomic E-state index is 12.9. The van der Waals surface area contributed by atoms with Crippen molar-refractivity contribution >= 4 is 18.0 Å². The quantitative estimate of drug-likeness (QED) is 0.513. The van der Waals surface area contributed by atoms with Gasteiger partial charge in [-0.3, -0.25) is 9.59 Å². The van der Waals surface area contributed by atoms with Gasteiger partial charge in [-0.15, -0.1) is 0 Å². The first-order chi connectivity index (χ1) is 16.3. The molecule has 2 aromatic rings. The van der Waals surface area contributed by atoms with Gasteiger partial charge in [0.2, 0.25) is 5.91 Å². The average Bonchev–Trinajstić information content (AvgIpc) is 3.14. The highest BCUT2D eigenvalue weighted by Gasteiger charge is 2.45. The van der Waals surface area contributed by atoms with Crippen LogP contribution in [-0.2, 0) is 14.3 Å². The fourth-order valence-electron chi connectivity index (χ4n) is 4.79. The second kappa shape index (κ2) is 9.49. The SMILES string of the molecule is CCC(C)(CNC(=O)C1(CNC(=O)OCC2c3ccccc3-c3ccccc32)CCC1)C(=O)O. The molecule has 0 aromatic heterocycles. The van der Waals surface area contributed by atoms with Gasteiger partial charge in [-0.1, -0.05) is 61.9 Å². The number of carbonyl (C=O) groups excluding carboxylic acids is 2. The molecular weight excluding hydrogens is 432 g/mol. The summed E-state index contributed by atoms with van der Waals surface area (Å²) < 4.78 is 5.59. The molecule has 2 amide bonds. The number of rotatable bonds is 9. The van der Waals surface area contributed by atoms with Crippen molar-refractivity contribution in [3.8, 4) is 11.1 Å². The maximum Gasteiger partial charge on any atom is 0.407 e. The number of hydrogen-bond donors (Lipinski definition) is 3. The van der Waals surface area contributed by atoms with E-state index in [9.17, 15) is 19.5 Å². The number of fused-ring (bicyclic) bond motifs is 3. The number of ether oxygens (including phenoxy) is 1. The van der Waals surface area contributed by atoms with Crippen LogP contribution < -0.4 is 10.6 Å². The molecule has 1 unspecified atom stereocenters. The summed E-state index contributed by atoms with van der Waals surface area (Å²) in [4.78, 5) is 37.0. The topological polar surface area (TPSA) is 105 Å². The first-order valence-electron chi connectivity index (χ1n) is 11.9. The van der Waals surface area contributed by atoms with Gasteiger partial charge < -0.3 is 20.5 Å². The second-order valence-electron chi connectivity index (χ2n) is 9.72. The molecule has 1 saturated carbocycles. The second-order valence-corrected chi connectivity index (χ2v) is 9.72. The van der Waals surface area contributed by atoms with Gasteiger partial charge in [-0.25, -0.2) is 4.79 Å². The van der Waals surface area contributed by atoms with Gasteiger partial charge in [0.25, 0.3) is 0 Å². The van der Waals surface area contributed by atoms with Gasteiger partial charge in [0.05, 0.1) is 10.8 Å². The highest BCUT2D eigenvalue weighted by Crippen LogP contribution is 2.44. The third-order valence-electron chi connectivity index (χ3n) is 7.64. The fourth-order valence-corrected chi connectivity index (χ4v) is 4.79. The minimum Gasteiger partial charge on any atom is -0.481 e. The molecule has 4 rings (SSSR count). The van der Waals surface area contributed by atoms with Crippen molar-refractivity contribution in [1.82, 2.24) is 10.6 Å². The molecule has 180 valence electrons. The molecule has 0 saturated heterocycles. The molecule has 0 radical (unpaired) electrons. The van der Waals surface area contributed by atoms with Crippen LogP contribution in [0.25, 0.3) is 11.1 Å². The van der Waals surface area contributed by atoms with Crippen molar-refractivity contribution in [2.75, 3.05) is 19.7 Å². The smallest absolute Gasteiger partial charge is 0.407 e. The van der Waals surface area contributed by atoms with Crippen molar-refractivity contribution in [1.29, 1.82) is 0 Å². The van der Waals surface area contributed by atoms with Gasteiger partial charge in [0, 0.05) is 19.0 Å². The maximum absolute atomic E-state index is 12.9. The molecular formula is C27H32N2O5. The number of carboxylic acids is 1. The Bertz CT molecular complexity index is 1050. The van der Waals surface area contributed by atoms with Crippen LogP contribution in [-0.4, -0.2) is 42.8 Å². The zero-order valence-electron chi connectivity index (χ0n) is 19.7. The van der Waals surface area contributed by atoms with Crippen LogP contribution in [0.5, 0.6) is 0 Å². The van der Waals surface area contributed by atoms with Crippen molar-refractivity contribution in [3.63, 3.8) is 0 Å². The van der Waals surface area contributed by atoms with E-state index >= 15 is 0 Å². The number of alkyl carbamates (subject to hydrolysis) is 1. The zero-order valence-corrected chi connectivity index (χ0v) is 19.7. The van der Waals surface area contributed by atoms with Gasteiger partial charge in [-0.2, -0.15) is 0 Å². The molecule has 1 atom stereocenters. The summed E-state index contributed by atoms with van der Waals surface area (Å²) in [5.41, 5.74) is 2.89. The van der Waals surface area contributed by atoms with E-state index in [1.165, 1.54) is 0 Å². The molecule has 3 N–H and O–H groups in total. The number of nitrogens with one attached hydrogen (secondary N) is 2. The van der Waals surface area contributed by atoms with E-state index in [2.05, 4.69) is 34.9 Å². The molecule has 1 fully saturated rings. The zero-order chi connectivity index (χ0) is 24.3. The lowest BCUT2D eigenvalue weighted by Gasteiger charge is -2.40. The Morgan fingerprint density at radius 2 is 1.62 bits per heavy atom. The Kier molecular flexibility index (Phi) is 6.64. The third-order valence-corrected chi connectivity index (χ3v) is 7.64. The molecule has 2 aromatic carbocycles. The number of benzene rings is 2. The van der Waals surface area contributed by atoms with Gasteiger partial charge in [0.15, 0.2) is 0 Å². The summed E-state index contributed by atoms with van der Waals surface area (Å²) in [6.07, 6.45) is 2.05. The minimum atomic E-state index is -1.01. The van der Waals surface area contributed by atoms with E-state index in [0.717, 1.165) is 28.7 Å². The Hall–Kier alpha value is -3.35. The summed E-state index contributed by atoms with van der Waals surface area (Å²) in [7, 11) is 0. The third kappa shape index (κ3) is 4.39. The summed E-state index contributed by atoms with van der Waals surface area (Å²) >= 11 is 0. The summed E-state index contributed by atoms with van der Waals surface area (Å²) in [5.74, 6) is -1.17. The van der Waals surface area contributed by atoms with E-state index in [0.29, 0.717) is 19.3 Å². The van der Waals surface area contributed by atoms with Crippen LogP contribution in [0.4, 0.5) is 4.79 Å². The number of carboxylic acid groups (broad SMARTS) is 1. The van der Waals surface area contributed by atoms with E-state index in [1.807, 2.05) is 24.3 Å². The van der Waals surface area contributed by atoms with Crippen LogP contribution in [0.2, 0.25) is 0 Å². The van der Waals surface area contributed by atoms with Gasteiger partial charge in [0.1, 0.15) is 6.61 Å². The highest BCUT2D eigenvalue weighted by atomic mass is 16.5. The van der Waals surface area contributed by atoms with E-state index in [4.69, 9.17) is 4.74 Å². The fraction of sp³-hybridized carbons (Fsp3) is 0.444. The number of hydrogen-bond acceptors (Lipinski definition) is 4. The van der Waals surface area contributed by atoms with Crippen molar-refractivity contribution in [3.05, 3.63) is 59.7 Å². The van der Waals surface area contributed by atoms with E-state index in [1.54, 1.807) is 13.8 Å². The molecule has 2 aliphatic carbocycles. The molecule has 2 aliphatic rings. The predicted octanol–water partition coefficient (Wildman–Crippen LogP) is 4.31. The normalized spacial score (nSPS) is 17.5. The Balaban J connectivity index is 1.33. The van der Waals surface area contributed by atoms with Crippen LogP contribution in [0.1, 0.15) is 56.6 Å². The van der Waals surface area contributed by atoms with E-state index in [-0.39, 0.29) is 31.5 Å². The van der Waals surface area contributed by atoms with Gasteiger partial charge >= 0.3 is 12.1 Å². The lowest BCUT2D eigenvalue weighted by Crippen LogP contribution is -2.54.